The van der Waals surface area contributed by atoms with Crippen molar-refractivity contribution >= 4 is 6.03 Å². The zero-order valence-electron chi connectivity index (χ0n) is 22.3. The summed E-state index contributed by atoms with van der Waals surface area (Å²) in [5.41, 5.74) is 3.17. The number of hydrogen-bond donors (Lipinski definition) is 0. The summed E-state index contributed by atoms with van der Waals surface area (Å²) in [6, 6.07) is 0.150. The highest BCUT2D eigenvalue weighted by atomic mass is 16.2. The van der Waals surface area contributed by atoms with Crippen LogP contribution in [0.4, 0.5) is 4.79 Å². The minimum absolute atomic E-state index is 0.0259. The second-order valence-corrected chi connectivity index (χ2v) is 12.0. The molecule has 0 saturated carbocycles. The molecule has 0 spiro atoms. The normalized spacial score (nSPS) is 20.1. The number of likely N-dealkylation sites (tertiary alicyclic amines) is 2. The van der Waals surface area contributed by atoms with Gasteiger partial charge in [0.2, 0.25) is 0 Å². The molecule has 0 aromatic heterocycles. The fraction of sp³-hybridized carbons (Fsp3) is 0.808. The van der Waals surface area contributed by atoms with Crippen molar-refractivity contribution in [3.8, 4) is 0 Å². The van der Waals surface area contributed by atoms with Crippen molar-refractivity contribution in [1.29, 1.82) is 0 Å². The van der Waals surface area contributed by atoms with Crippen LogP contribution in [0.5, 0.6) is 0 Å². The summed E-state index contributed by atoms with van der Waals surface area (Å²) in [5, 5.41) is 0. The first-order chi connectivity index (χ1) is 14.0. The Morgan fingerprint density at radius 2 is 0.968 bits per heavy atom. The predicted molar refractivity (Wildman–Crippen MR) is 134 cm³/mol. The van der Waals surface area contributed by atoms with Crippen molar-refractivity contribution in [3.63, 3.8) is 0 Å². The van der Waals surface area contributed by atoms with Crippen LogP contribution >= 0.6 is 0 Å². The molecule has 2 amide bonds. The fourth-order valence-corrected chi connectivity index (χ4v) is 4.36. The summed E-state index contributed by atoms with van der Waals surface area (Å²) in [7, 11) is 1.84. The maximum absolute atomic E-state index is 11.4. The van der Waals surface area contributed by atoms with Crippen molar-refractivity contribution in [3.05, 3.63) is 24.6 Å². The SMILES string of the molecule is C=C1CCCN1C(C)(C)C.C=C1CCCN1C(C)(C)C.CN1CCN(C(C)(C)C)C1=O. The molecule has 31 heavy (non-hydrogen) atoms. The van der Waals surface area contributed by atoms with Gasteiger partial charge in [0.15, 0.2) is 0 Å². The lowest BCUT2D eigenvalue weighted by molar-refractivity contribution is 0.159. The molecule has 0 aliphatic carbocycles. The van der Waals surface area contributed by atoms with Crippen LogP contribution in [0.2, 0.25) is 0 Å². The van der Waals surface area contributed by atoms with Gasteiger partial charge in [0.1, 0.15) is 0 Å². The van der Waals surface area contributed by atoms with Crippen LogP contribution in [0.15, 0.2) is 24.6 Å². The smallest absolute Gasteiger partial charge is 0.320 e. The van der Waals surface area contributed by atoms with Crippen molar-refractivity contribution in [1.82, 2.24) is 19.6 Å². The predicted octanol–water partition coefficient (Wildman–Crippen LogP) is 5.94. The molecule has 3 fully saturated rings. The largest absolute Gasteiger partial charge is 0.370 e. The third-order valence-electron chi connectivity index (χ3n) is 6.10. The summed E-state index contributed by atoms with van der Waals surface area (Å²) in [4.78, 5) is 19.8. The lowest BCUT2D eigenvalue weighted by Crippen LogP contribution is -2.43. The van der Waals surface area contributed by atoms with Crippen molar-refractivity contribution in [2.24, 2.45) is 0 Å². The molecule has 3 aliphatic heterocycles. The number of allylic oxidation sites excluding steroid dienone is 2. The van der Waals surface area contributed by atoms with Gasteiger partial charge in [0, 0.05) is 61.2 Å². The Morgan fingerprint density at radius 1 is 0.613 bits per heavy atom. The van der Waals surface area contributed by atoms with Crippen LogP contribution in [-0.2, 0) is 0 Å². The van der Waals surface area contributed by atoms with E-state index in [0.29, 0.717) is 0 Å². The van der Waals surface area contributed by atoms with Crippen LogP contribution in [0.3, 0.4) is 0 Å². The van der Waals surface area contributed by atoms with Crippen LogP contribution in [0, 0.1) is 0 Å². The molecule has 0 aromatic carbocycles. The maximum atomic E-state index is 11.4. The van der Waals surface area contributed by atoms with Gasteiger partial charge in [-0.25, -0.2) is 4.79 Å². The Balaban J connectivity index is 0.000000233. The molecule has 0 aromatic rings. The second kappa shape index (κ2) is 10.3. The van der Waals surface area contributed by atoms with E-state index in [-0.39, 0.29) is 22.6 Å². The standard InChI is InChI=1S/2C9H17N.C8H16N2O/c2*1-8-6-5-7-10(8)9(2,3)4;1-8(2,3)10-6-5-9(4)7(10)11/h2*1,5-7H2,2-4H3;5-6H2,1-4H3. The van der Waals surface area contributed by atoms with Gasteiger partial charge in [0.25, 0.3) is 0 Å². The maximum Gasteiger partial charge on any atom is 0.320 e. The highest BCUT2D eigenvalue weighted by molar-refractivity contribution is 5.76. The summed E-state index contributed by atoms with van der Waals surface area (Å²) in [5.74, 6) is 0. The van der Waals surface area contributed by atoms with E-state index >= 15 is 0 Å². The number of rotatable bonds is 0. The van der Waals surface area contributed by atoms with Crippen molar-refractivity contribution in [2.75, 3.05) is 33.2 Å². The van der Waals surface area contributed by atoms with Crippen LogP contribution in [-0.4, -0.2) is 75.5 Å². The van der Waals surface area contributed by atoms with Gasteiger partial charge < -0.3 is 19.6 Å². The first-order valence-corrected chi connectivity index (χ1v) is 11.9. The monoisotopic (exact) mass is 434 g/mol. The van der Waals surface area contributed by atoms with Crippen LogP contribution in [0.1, 0.15) is 88.0 Å². The van der Waals surface area contributed by atoms with Crippen LogP contribution in [0.25, 0.3) is 0 Å². The Kier molecular flexibility index (Phi) is 9.11. The van der Waals surface area contributed by atoms with Gasteiger partial charge in [-0.2, -0.15) is 0 Å². The average Bonchev–Trinajstić information content (AvgIpc) is 3.28. The topological polar surface area (TPSA) is 30.0 Å². The van der Waals surface area contributed by atoms with Gasteiger partial charge in [-0.3, -0.25) is 0 Å². The first-order valence-electron chi connectivity index (χ1n) is 11.9. The number of amides is 2. The summed E-state index contributed by atoms with van der Waals surface area (Å²) < 4.78 is 0. The molecule has 0 N–H and O–H groups in total. The Morgan fingerprint density at radius 3 is 1.10 bits per heavy atom. The van der Waals surface area contributed by atoms with Gasteiger partial charge in [-0.05, 0) is 88.0 Å². The van der Waals surface area contributed by atoms with Crippen LogP contribution < -0.4 is 0 Å². The number of nitrogens with zero attached hydrogens (tertiary/aromatic N) is 4. The summed E-state index contributed by atoms with van der Waals surface area (Å²) in [6.45, 7) is 31.8. The lowest BCUT2D eigenvalue weighted by Gasteiger charge is -2.34. The van der Waals surface area contributed by atoms with E-state index in [4.69, 9.17) is 0 Å². The van der Waals surface area contributed by atoms with E-state index in [0.717, 1.165) is 13.1 Å². The zero-order chi connectivity index (χ0) is 24.2. The molecule has 0 bridgehead atoms. The third kappa shape index (κ3) is 8.08. The van der Waals surface area contributed by atoms with Crippen molar-refractivity contribution in [2.45, 2.75) is 105 Å². The third-order valence-corrected chi connectivity index (χ3v) is 6.10. The minimum Gasteiger partial charge on any atom is -0.370 e. The van der Waals surface area contributed by atoms with Gasteiger partial charge in [-0.1, -0.05) is 13.2 Å². The average molecular weight is 435 g/mol. The molecular weight excluding hydrogens is 384 g/mol. The zero-order valence-corrected chi connectivity index (χ0v) is 22.3. The molecule has 3 heterocycles. The highest BCUT2D eigenvalue weighted by Crippen LogP contribution is 2.28. The molecule has 3 rings (SSSR count). The number of likely N-dealkylation sites (N-methyl/N-ethyl adjacent to an activating group) is 1. The van der Waals surface area contributed by atoms with Gasteiger partial charge >= 0.3 is 6.03 Å². The Bertz CT molecular complexity index is 597. The number of carbonyl (C=O) groups is 1. The number of hydrogen-bond acceptors (Lipinski definition) is 3. The van der Waals surface area contributed by atoms with Gasteiger partial charge in [0.05, 0.1) is 0 Å². The van der Waals surface area contributed by atoms with E-state index in [9.17, 15) is 4.79 Å². The fourth-order valence-electron chi connectivity index (χ4n) is 4.36. The van der Waals surface area contributed by atoms with E-state index in [1.807, 2.05) is 11.9 Å². The second-order valence-electron chi connectivity index (χ2n) is 12.0. The molecule has 5 nitrogen and oxygen atoms in total. The van der Waals surface area contributed by atoms with E-state index in [2.05, 4.69) is 85.3 Å². The Hall–Kier alpha value is -1.65. The first kappa shape index (κ1) is 27.4. The van der Waals surface area contributed by atoms with Gasteiger partial charge in [-0.15, -0.1) is 0 Å². The number of urea groups is 1. The van der Waals surface area contributed by atoms with E-state index in [1.165, 1.54) is 50.2 Å². The molecule has 0 unspecified atom stereocenters. The lowest BCUT2D eigenvalue weighted by atomic mass is 10.1. The van der Waals surface area contributed by atoms with E-state index < -0.39 is 0 Å². The summed E-state index contributed by atoms with van der Waals surface area (Å²) in [6.07, 6.45) is 4.96. The van der Waals surface area contributed by atoms with Crippen molar-refractivity contribution < 1.29 is 4.79 Å². The quantitative estimate of drug-likeness (QED) is 0.472. The number of carbonyl (C=O) groups excluding carboxylic acids is 1. The molecule has 3 saturated heterocycles. The highest BCUT2D eigenvalue weighted by Gasteiger charge is 2.33. The molecular formula is C26H50N4O. The molecule has 5 heteroatoms. The Labute approximate surface area is 193 Å². The molecule has 180 valence electrons. The minimum atomic E-state index is -0.0259. The van der Waals surface area contributed by atoms with E-state index in [1.54, 1.807) is 4.90 Å². The molecule has 0 atom stereocenters. The molecule has 3 aliphatic rings. The molecule has 0 radical (unpaired) electrons. The summed E-state index contributed by atoms with van der Waals surface area (Å²) >= 11 is 0.